The maximum Gasteiger partial charge on any atom is 0.204 e. The number of hydrogen-bond donors (Lipinski definition) is 3. The summed E-state index contributed by atoms with van der Waals surface area (Å²) >= 11 is 0. The van der Waals surface area contributed by atoms with Gasteiger partial charge in [0.1, 0.15) is 34.3 Å². The number of ether oxygens (including phenoxy) is 1. The highest BCUT2D eigenvalue weighted by atomic mass is 16.5. The summed E-state index contributed by atoms with van der Waals surface area (Å²) in [5.74, 6) is -0.168. The van der Waals surface area contributed by atoms with Crippen LogP contribution in [0.3, 0.4) is 0 Å². The van der Waals surface area contributed by atoms with Gasteiger partial charge in [-0.2, -0.15) is 0 Å². The molecule has 0 amide bonds. The molecule has 0 bridgehead atoms. The highest BCUT2D eigenvalue weighted by Crippen LogP contribution is 2.46. The number of phenols is 3. The number of aromatic hydroxyl groups is 3. The summed E-state index contributed by atoms with van der Waals surface area (Å²) in [7, 11) is 0. The zero-order chi connectivity index (χ0) is 22.5. The fourth-order valence-corrected chi connectivity index (χ4v) is 3.94. The van der Waals surface area contributed by atoms with E-state index in [4.69, 9.17) is 9.15 Å². The van der Waals surface area contributed by atoms with Crippen LogP contribution in [0.1, 0.15) is 45.2 Å². The quantitative estimate of drug-likeness (QED) is 0.397. The van der Waals surface area contributed by atoms with Crippen molar-refractivity contribution in [2.75, 3.05) is 0 Å². The maximum absolute atomic E-state index is 13.4. The molecule has 2 heterocycles. The van der Waals surface area contributed by atoms with Gasteiger partial charge >= 0.3 is 0 Å². The molecule has 6 nitrogen and oxygen atoms in total. The van der Waals surface area contributed by atoms with Gasteiger partial charge in [0, 0.05) is 11.1 Å². The Morgan fingerprint density at radius 3 is 2.58 bits per heavy atom. The molecule has 3 aromatic rings. The van der Waals surface area contributed by atoms with Crippen molar-refractivity contribution in [3.8, 4) is 34.1 Å². The minimum atomic E-state index is -0.407. The van der Waals surface area contributed by atoms with Crippen molar-refractivity contribution in [2.24, 2.45) is 0 Å². The molecule has 1 aromatic heterocycles. The third kappa shape index (κ3) is 3.63. The molecule has 4 rings (SSSR count). The van der Waals surface area contributed by atoms with Gasteiger partial charge in [-0.05, 0) is 64.7 Å². The molecule has 0 unspecified atom stereocenters. The lowest BCUT2D eigenvalue weighted by molar-refractivity contribution is 0.0827. The molecule has 162 valence electrons. The highest BCUT2D eigenvalue weighted by molar-refractivity contribution is 5.93. The van der Waals surface area contributed by atoms with E-state index in [9.17, 15) is 20.1 Å². The molecule has 0 saturated heterocycles. The first kappa shape index (κ1) is 20.8. The van der Waals surface area contributed by atoms with Crippen molar-refractivity contribution in [3.63, 3.8) is 0 Å². The van der Waals surface area contributed by atoms with Gasteiger partial charge in [-0.1, -0.05) is 17.7 Å². The Balaban J connectivity index is 2.03. The molecule has 1 aliphatic rings. The van der Waals surface area contributed by atoms with Crippen LogP contribution in [0.5, 0.6) is 23.0 Å². The molecule has 3 N–H and O–H groups in total. The van der Waals surface area contributed by atoms with Crippen molar-refractivity contribution in [1.29, 1.82) is 0 Å². The molecule has 2 aromatic carbocycles. The summed E-state index contributed by atoms with van der Waals surface area (Å²) < 4.78 is 12.2. The van der Waals surface area contributed by atoms with Crippen LogP contribution in [0.4, 0.5) is 0 Å². The summed E-state index contributed by atoms with van der Waals surface area (Å²) in [6, 6.07) is 4.11. The summed E-state index contributed by atoms with van der Waals surface area (Å²) in [4.78, 5) is 13.4. The average Bonchev–Trinajstić information content (AvgIpc) is 2.69. The zero-order valence-electron chi connectivity index (χ0n) is 18.1. The van der Waals surface area contributed by atoms with Gasteiger partial charge in [0.15, 0.2) is 11.5 Å². The lowest BCUT2D eigenvalue weighted by Crippen LogP contribution is -2.33. The normalized spacial score (nSPS) is 14.7. The molecule has 0 atom stereocenters. The standard InChI is InChI=1S/C25H26O6/c1-13(2)5-7-16-23-15(9-10-25(3,4)31-23)21(28)20-22(29)17(12-30-24(16)20)14-6-8-18(26)19(27)11-14/h5-6,8,11-12,26-28H,7,9-10H2,1-4H3. The minimum absolute atomic E-state index is 0.101. The number of hydrogen-bond acceptors (Lipinski definition) is 6. The third-order valence-corrected chi connectivity index (χ3v) is 5.69. The van der Waals surface area contributed by atoms with Gasteiger partial charge in [0.25, 0.3) is 0 Å². The van der Waals surface area contributed by atoms with Crippen molar-refractivity contribution < 1.29 is 24.5 Å². The Morgan fingerprint density at radius 2 is 1.90 bits per heavy atom. The lowest BCUT2D eigenvalue weighted by Gasteiger charge is -2.34. The second-order valence-electron chi connectivity index (χ2n) is 8.87. The number of rotatable bonds is 3. The van der Waals surface area contributed by atoms with Gasteiger partial charge in [0.2, 0.25) is 5.43 Å². The minimum Gasteiger partial charge on any atom is -0.507 e. The second kappa shape index (κ2) is 7.38. The highest BCUT2D eigenvalue weighted by Gasteiger charge is 2.33. The molecule has 0 spiro atoms. The Hall–Kier alpha value is -3.41. The van der Waals surface area contributed by atoms with Crippen molar-refractivity contribution in [1.82, 2.24) is 0 Å². The van der Waals surface area contributed by atoms with Crippen LogP contribution in [0.25, 0.3) is 22.1 Å². The number of allylic oxidation sites excluding steroid dienone is 2. The fraction of sp³-hybridized carbons (Fsp3) is 0.320. The van der Waals surface area contributed by atoms with Crippen LogP contribution >= 0.6 is 0 Å². The van der Waals surface area contributed by atoms with Crippen LogP contribution in [-0.2, 0) is 12.8 Å². The Labute approximate surface area is 180 Å². The first-order valence-corrected chi connectivity index (χ1v) is 10.3. The second-order valence-corrected chi connectivity index (χ2v) is 8.87. The first-order chi connectivity index (χ1) is 14.6. The first-order valence-electron chi connectivity index (χ1n) is 10.3. The van der Waals surface area contributed by atoms with E-state index in [0.717, 1.165) is 11.1 Å². The zero-order valence-corrected chi connectivity index (χ0v) is 18.1. The maximum atomic E-state index is 13.4. The Morgan fingerprint density at radius 1 is 1.16 bits per heavy atom. The van der Waals surface area contributed by atoms with Gasteiger partial charge in [-0.25, -0.2) is 0 Å². The van der Waals surface area contributed by atoms with Crippen molar-refractivity contribution in [3.05, 3.63) is 57.5 Å². The summed E-state index contributed by atoms with van der Waals surface area (Å²) in [5.41, 5.74) is 2.52. The molecule has 0 aliphatic carbocycles. The van der Waals surface area contributed by atoms with E-state index in [2.05, 4.69) is 0 Å². The van der Waals surface area contributed by atoms with Crippen LogP contribution in [-0.4, -0.2) is 20.9 Å². The third-order valence-electron chi connectivity index (χ3n) is 5.69. The van der Waals surface area contributed by atoms with Crippen molar-refractivity contribution in [2.45, 2.75) is 52.6 Å². The van der Waals surface area contributed by atoms with Crippen molar-refractivity contribution >= 4 is 11.0 Å². The molecule has 31 heavy (non-hydrogen) atoms. The van der Waals surface area contributed by atoms with Gasteiger partial charge in [-0.15, -0.1) is 0 Å². The number of fused-ring (bicyclic) bond motifs is 2. The number of benzene rings is 2. The molecule has 0 radical (unpaired) electrons. The summed E-state index contributed by atoms with van der Waals surface area (Å²) in [6.07, 6.45) is 5.14. The van der Waals surface area contributed by atoms with Gasteiger partial charge in [-0.3, -0.25) is 4.79 Å². The number of phenolic OH excluding ortho intramolecular Hbond substituents is 3. The van der Waals surface area contributed by atoms with E-state index in [-0.39, 0.29) is 28.2 Å². The average molecular weight is 422 g/mol. The Bertz CT molecular complexity index is 1280. The van der Waals surface area contributed by atoms with E-state index in [1.165, 1.54) is 24.5 Å². The van der Waals surface area contributed by atoms with Crippen LogP contribution in [0, 0.1) is 0 Å². The lowest BCUT2D eigenvalue weighted by atomic mass is 9.89. The SMILES string of the molecule is CC(C)=CCc1c2c(c(O)c3c(=O)c(-c4ccc(O)c(O)c4)coc13)CCC(C)(C)O2. The largest absolute Gasteiger partial charge is 0.507 e. The predicted octanol–water partition coefficient (Wildman–Crippen LogP) is 5.19. The summed E-state index contributed by atoms with van der Waals surface area (Å²) in [5, 5.41) is 30.6. The smallest absolute Gasteiger partial charge is 0.204 e. The fourth-order valence-electron chi connectivity index (χ4n) is 3.94. The topological polar surface area (TPSA) is 100 Å². The molecule has 6 heteroatoms. The van der Waals surface area contributed by atoms with E-state index < -0.39 is 11.0 Å². The monoisotopic (exact) mass is 422 g/mol. The molecular formula is C25H26O6. The van der Waals surface area contributed by atoms with E-state index >= 15 is 0 Å². The van der Waals surface area contributed by atoms with Crippen LogP contribution in [0.15, 0.2) is 45.3 Å². The van der Waals surface area contributed by atoms with Gasteiger partial charge < -0.3 is 24.5 Å². The molecular weight excluding hydrogens is 396 g/mol. The van der Waals surface area contributed by atoms with Gasteiger partial charge in [0.05, 0.1) is 5.56 Å². The molecule has 1 aliphatic heterocycles. The van der Waals surface area contributed by atoms with Crippen LogP contribution < -0.4 is 10.2 Å². The van der Waals surface area contributed by atoms with E-state index in [1.54, 1.807) is 0 Å². The predicted molar refractivity (Wildman–Crippen MR) is 119 cm³/mol. The molecule has 0 fully saturated rings. The molecule has 0 saturated carbocycles. The van der Waals surface area contributed by atoms with E-state index in [0.29, 0.717) is 41.7 Å². The van der Waals surface area contributed by atoms with E-state index in [1.807, 2.05) is 33.8 Å². The van der Waals surface area contributed by atoms with Crippen LogP contribution in [0.2, 0.25) is 0 Å². The summed E-state index contributed by atoms with van der Waals surface area (Å²) in [6.45, 7) is 7.98. The Kier molecular flexibility index (Phi) is 4.96.